The van der Waals surface area contributed by atoms with Crippen LogP contribution in [0.4, 0.5) is 17.1 Å². The molecule has 0 bridgehead atoms. The SMILES string of the molecule is CNc1cc(NCc2nccn2C)c(C(=O)NC2CCC(C)CC2)cc1[N+](=O)[O-]. The molecule has 3 rings (SSSR count). The second-order valence-electron chi connectivity index (χ2n) is 7.66. The van der Waals surface area contributed by atoms with E-state index in [0.29, 0.717) is 23.8 Å². The lowest BCUT2D eigenvalue weighted by molar-refractivity contribution is -0.383. The van der Waals surface area contributed by atoms with Crippen molar-refractivity contribution in [3.05, 3.63) is 46.0 Å². The van der Waals surface area contributed by atoms with Crippen molar-refractivity contribution >= 4 is 23.0 Å². The Bertz CT molecular complexity index is 886. The van der Waals surface area contributed by atoms with Crippen molar-refractivity contribution in [2.45, 2.75) is 45.2 Å². The molecule has 1 aliphatic rings. The van der Waals surface area contributed by atoms with E-state index in [4.69, 9.17) is 0 Å². The molecule has 0 radical (unpaired) electrons. The van der Waals surface area contributed by atoms with Crippen molar-refractivity contribution in [1.29, 1.82) is 0 Å². The maximum absolute atomic E-state index is 13.0. The van der Waals surface area contributed by atoms with Crippen LogP contribution in [-0.4, -0.2) is 33.5 Å². The fourth-order valence-electron chi connectivity index (χ4n) is 3.68. The van der Waals surface area contributed by atoms with Gasteiger partial charge < -0.3 is 20.5 Å². The van der Waals surface area contributed by atoms with Crippen LogP contribution < -0.4 is 16.0 Å². The lowest BCUT2D eigenvalue weighted by Crippen LogP contribution is -2.37. The second-order valence-corrected chi connectivity index (χ2v) is 7.66. The summed E-state index contributed by atoms with van der Waals surface area (Å²) in [7, 11) is 3.50. The van der Waals surface area contributed by atoms with E-state index in [9.17, 15) is 14.9 Å². The Morgan fingerprint density at radius 1 is 1.28 bits per heavy atom. The molecule has 1 saturated carbocycles. The largest absolute Gasteiger partial charge is 0.383 e. The Kier molecular flexibility index (Phi) is 6.36. The van der Waals surface area contributed by atoms with Gasteiger partial charge in [0.25, 0.3) is 11.6 Å². The third-order valence-electron chi connectivity index (χ3n) is 5.56. The third kappa shape index (κ3) is 4.85. The van der Waals surface area contributed by atoms with Crippen molar-refractivity contribution in [2.24, 2.45) is 13.0 Å². The minimum Gasteiger partial charge on any atom is -0.383 e. The lowest BCUT2D eigenvalue weighted by Gasteiger charge is -2.27. The van der Waals surface area contributed by atoms with Gasteiger partial charge in [-0.25, -0.2) is 4.98 Å². The lowest BCUT2D eigenvalue weighted by atomic mass is 9.87. The van der Waals surface area contributed by atoms with Crippen molar-refractivity contribution in [3.8, 4) is 0 Å². The zero-order valence-corrected chi connectivity index (χ0v) is 17.1. The van der Waals surface area contributed by atoms with Gasteiger partial charge in [-0.3, -0.25) is 14.9 Å². The number of carbonyl (C=O) groups is 1. The van der Waals surface area contributed by atoms with Gasteiger partial charge in [-0.05, 0) is 37.7 Å². The number of nitro benzene ring substituents is 1. The number of nitrogens with zero attached hydrogens (tertiary/aromatic N) is 3. The normalized spacial score (nSPS) is 18.9. The first-order chi connectivity index (χ1) is 13.9. The van der Waals surface area contributed by atoms with Crippen molar-refractivity contribution < 1.29 is 9.72 Å². The standard InChI is InChI=1S/C20H28N6O3/c1-13-4-6-14(7-5-13)24-20(27)15-10-18(26(28)29)17(21-2)11-16(15)23-12-19-22-8-9-25(19)3/h8-11,13-14,21,23H,4-7,12H2,1-3H3,(H,24,27). The molecule has 2 aromatic rings. The smallest absolute Gasteiger partial charge is 0.293 e. The molecule has 1 aliphatic carbocycles. The molecule has 0 aliphatic heterocycles. The number of rotatable bonds is 7. The molecule has 0 unspecified atom stereocenters. The molecule has 156 valence electrons. The number of aryl methyl sites for hydroxylation is 1. The van der Waals surface area contributed by atoms with Gasteiger partial charge in [-0.2, -0.15) is 0 Å². The Balaban J connectivity index is 1.87. The van der Waals surface area contributed by atoms with E-state index in [1.165, 1.54) is 6.07 Å². The van der Waals surface area contributed by atoms with Crippen LogP contribution in [0.1, 0.15) is 48.8 Å². The van der Waals surface area contributed by atoms with Crippen LogP contribution in [0.2, 0.25) is 0 Å². The van der Waals surface area contributed by atoms with Gasteiger partial charge in [0.1, 0.15) is 11.5 Å². The molecule has 0 spiro atoms. The summed E-state index contributed by atoms with van der Waals surface area (Å²) in [6.07, 6.45) is 7.55. The third-order valence-corrected chi connectivity index (χ3v) is 5.56. The van der Waals surface area contributed by atoms with E-state index < -0.39 is 4.92 Å². The number of anilines is 2. The summed E-state index contributed by atoms with van der Waals surface area (Å²) >= 11 is 0. The summed E-state index contributed by atoms with van der Waals surface area (Å²) in [6.45, 7) is 2.61. The zero-order chi connectivity index (χ0) is 21.0. The summed E-state index contributed by atoms with van der Waals surface area (Å²) in [5.74, 6) is 1.17. The van der Waals surface area contributed by atoms with Gasteiger partial charge in [0.15, 0.2) is 0 Å². The Morgan fingerprint density at radius 2 is 2.00 bits per heavy atom. The molecular weight excluding hydrogens is 372 g/mol. The first-order valence-corrected chi connectivity index (χ1v) is 9.90. The van der Waals surface area contributed by atoms with Crippen LogP contribution >= 0.6 is 0 Å². The predicted molar refractivity (Wildman–Crippen MR) is 112 cm³/mol. The number of nitrogens with one attached hydrogen (secondary N) is 3. The highest BCUT2D eigenvalue weighted by molar-refractivity contribution is 6.01. The monoisotopic (exact) mass is 400 g/mol. The van der Waals surface area contributed by atoms with Gasteiger partial charge >= 0.3 is 0 Å². The van der Waals surface area contributed by atoms with Gasteiger partial charge in [0.2, 0.25) is 0 Å². The summed E-state index contributed by atoms with van der Waals surface area (Å²) in [4.78, 5) is 28.3. The van der Waals surface area contributed by atoms with Crippen LogP contribution in [0.3, 0.4) is 0 Å². The highest BCUT2D eigenvalue weighted by Crippen LogP contribution is 2.32. The van der Waals surface area contributed by atoms with Crippen LogP contribution in [0, 0.1) is 16.0 Å². The van der Waals surface area contributed by atoms with Crippen LogP contribution in [-0.2, 0) is 13.6 Å². The summed E-state index contributed by atoms with van der Waals surface area (Å²) in [5.41, 5.74) is 1.02. The maximum Gasteiger partial charge on any atom is 0.293 e. The molecule has 0 saturated heterocycles. The van der Waals surface area contributed by atoms with Crippen LogP contribution in [0.25, 0.3) is 0 Å². The Morgan fingerprint density at radius 3 is 2.59 bits per heavy atom. The van der Waals surface area contributed by atoms with Crippen LogP contribution in [0.15, 0.2) is 24.5 Å². The molecule has 3 N–H and O–H groups in total. The van der Waals surface area contributed by atoms with E-state index in [1.807, 2.05) is 17.8 Å². The summed E-state index contributed by atoms with van der Waals surface area (Å²) < 4.78 is 1.88. The highest BCUT2D eigenvalue weighted by Gasteiger charge is 2.25. The maximum atomic E-state index is 13.0. The molecule has 9 nitrogen and oxygen atoms in total. The average Bonchev–Trinajstić information content (AvgIpc) is 3.12. The predicted octanol–water partition coefficient (Wildman–Crippen LogP) is 3.29. The number of imidazole rings is 1. The fourth-order valence-corrected chi connectivity index (χ4v) is 3.68. The van der Waals surface area contributed by atoms with Crippen LogP contribution in [0.5, 0.6) is 0 Å². The van der Waals surface area contributed by atoms with Crippen molar-refractivity contribution in [3.63, 3.8) is 0 Å². The summed E-state index contributed by atoms with van der Waals surface area (Å²) in [5, 5.41) is 20.6. The number of amides is 1. The van der Waals surface area contributed by atoms with Crippen molar-refractivity contribution in [2.75, 3.05) is 17.7 Å². The number of hydrogen-bond acceptors (Lipinski definition) is 6. The first-order valence-electron chi connectivity index (χ1n) is 9.90. The molecule has 9 heteroatoms. The molecule has 29 heavy (non-hydrogen) atoms. The Hall–Kier alpha value is -3.10. The highest BCUT2D eigenvalue weighted by atomic mass is 16.6. The molecule has 1 fully saturated rings. The molecule has 1 aromatic heterocycles. The fraction of sp³-hybridized carbons (Fsp3) is 0.500. The second kappa shape index (κ2) is 8.93. The molecule has 1 heterocycles. The minimum absolute atomic E-state index is 0.101. The van der Waals surface area contributed by atoms with Gasteiger partial charge in [0.05, 0.1) is 17.0 Å². The van der Waals surface area contributed by atoms with E-state index in [-0.39, 0.29) is 23.2 Å². The molecule has 1 aromatic carbocycles. The van der Waals surface area contributed by atoms with E-state index in [1.54, 1.807) is 19.3 Å². The topological polar surface area (TPSA) is 114 Å². The number of benzene rings is 1. The average molecular weight is 400 g/mol. The van der Waals surface area contributed by atoms with E-state index in [0.717, 1.165) is 31.5 Å². The summed E-state index contributed by atoms with van der Waals surface area (Å²) in [6, 6.07) is 3.05. The number of nitro groups is 1. The Labute approximate surface area is 170 Å². The molecular formula is C20H28N6O3. The zero-order valence-electron chi connectivity index (χ0n) is 17.1. The number of aromatic nitrogens is 2. The van der Waals surface area contributed by atoms with Crippen molar-refractivity contribution in [1.82, 2.24) is 14.9 Å². The van der Waals surface area contributed by atoms with E-state index in [2.05, 4.69) is 27.9 Å². The van der Waals surface area contributed by atoms with Gasteiger partial charge in [-0.1, -0.05) is 6.92 Å². The quantitative estimate of drug-likeness (QED) is 0.485. The minimum atomic E-state index is -0.479. The first kappa shape index (κ1) is 20.6. The van der Waals surface area contributed by atoms with Gasteiger partial charge in [-0.15, -0.1) is 0 Å². The van der Waals surface area contributed by atoms with E-state index >= 15 is 0 Å². The molecule has 0 atom stereocenters. The van der Waals surface area contributed by atoms with Gasteiger partial charge in [0, 0.05) is 44.3 Å². The number of hydrogen-bond donors (Lipinski definition) is 3. The number of carbonyl (C=O) groups excluding carboxylic acids is 1. The molecule has 1 amide bonds.